The van der Waals surface area contributed by atoms with E-state index < -0.39 is 0 Å². The van der Waals surface area contributed by atoms with Crippen LogP contribution in [-0.4, -0.2) is 55.8 Å². The van der Waals surface area contributed by atoms with E-state index in [9.17, 15) is 4.79 Å². The molecule has 0 spiro atoms. The van der Waals surface area contributed by atoms with E-state index in [4.69, 9.17) is 4.74 Å². The van der Waals surface area contributed by atoms with E-state index in [0.717, 1.165) is 56.2 Å². The van der Waals surface area contributed by atoms with E-state index >= 15 is 0 Å². The Kier molecular flexibility index (Phi) is 8.27. The molecule has 1 heterocycles. The van der Waals surface area contributed by atoms with Gasteiger partial charge in [-0.25, -0.2) is 5.43 Å². The number of benzene rings is 2. The Hall–Kier alpha value is -2.86. The summed E-state index contributed by atoms with van der Waals surface area (Å²) >= 11 is 0. The predicted octanol–water partition coefficient (Wildman–Crippen LogP) is 3.53. The van der Waals surface area contributed by atoms with Crippen LogP contribution in [0.5, 0.6) is 5.75 Å². The van der Waals surface area contributed by atoms with Gasteiger partial charge < -0.3 is 9.64 Å². The number of ether oxygens (including phenoxy) is 1. The van der Waals surface area contributed by atoms with Gasteiger partial charge in [0.05, 0.1) is 12.3 Å². The van der Waals surface area contributed by atoms with Gasteiger partial charge in [0.1, 0.15) is 5.75 Å². The average Bonchev–Trinajstić information content (AvgIpc) is 2.81. The van der Waals surface area contributed by atoms with Crippen LogP contribution in [-0.2, 0) is 4.79 Å². The average molecular weight is 409 g/mol. The Labute approximate surface area is 179 Å². The second-order valence-corrected chi connectivity index (χ2v) is 7.52. The number of hydrazone groups is 1. The summed E-state index contributed by atoms with van der Waals surface area (Å²) in [5.41, 5.74) is 5.70. The molecule has 30 heavy (non-hydrogen) atoms. The third kappa shape index (κ3) is 6.59. The zero-order valence-corrected chi connectivity index (χ0v) is 18.0. The summed E-state index contributed by atoms with van der Waals surface area (Å²) in [4.78, 5) is 16.9. The lowest BCUT2D eigenvalue weighted by Gasteiger charge is -2.36. The summed E-state index contributed by atoms with van der Waals surface area (Å²) in [5.74, 6) is 0.799. The van der Waals surface area contributed by atoms with Crippen molar-refractivity contribution >= 4 is 17.3 Å². The number of anilines is 1. The molecule has 1 fully saturated rings. The van der Waals surface area contributed by atoms with Gasteiger partial charge in [-0.05, 0) is 55.3 Å². The van der Waals surface area contributed by atoms with E-state index in [2.05, 4.69) is 51.5 Å². The minimum atomic E-state index is -0.0530. The molecule has 0 radical (unpaired) electrons. The largest absolute Gasteiger partial charge is 0.494 e. The standard InChI is InChI=1S/C24H32N4O2/c1-3-19-30-23-11-9-21(10-12-23)20(2)25-26-24(29)13-14-27-15-17-28(18-16-27)22-7-5-4-6-8-22/h4-12H,3,13-19H2,1-2H3,(H,26,29)/b25-20+. The summed E-state index contributed by atoms with van der Waals surface area (Å²) in [6.07, 6.45) is 1.43. The van der Waals surface area contributed by atoms with Crippen molar-refractivity contribution < 1.29 is 9.53 Å². The summed E-state index contributed by atoms with van der Waals surface area (Å²) in [6, 6.07) is 18.3. The van der Waals surface area contributed by atoms with Crippen LogP contribution < -0.4 is 15.1 Å². The van der Waals surface area contributed by atoms with Crippen LogP contribution in [0.4, 0.5) is 5.69 Å². The van der Waals surface area contributed by atoms with Crippen molar-refractivity contribution in [2.24, 2.45) is 5.10 Å². The number of hydrogen-bond acceptors (Lipinski definition) is 5. The molecule has 3 rings (SSSR count). The molecule has 6 heteroatoms. The smallest absolute Gasteiger partial charge is 0.241 e. The molecule has 0 atom stereocenters. The molecule has 0 saturated carbocycles. The zero-order valence-electron chi connectivity index (χ0n) is 18.0. The van der Waals surface area contributed by atoms with Crippen molar-refractivity contribution in [1.82, 2.24) is 10.3 Å². The molecule has 1 aliphatic heterocycles. The van der Waals surface area contributed by atoms with Crippen molar-refractivity contribution in [3.8, 4) is 5.75 Å². The molecule has 1 aliphatic rings. The number of nitrogens with one attached hydrogen (secondary N) is 1. The van der Waals surface area contributed by atoms with E-state index in [1.165, 1.54) is 5.69 Å². The number of para-hydroxylation sites is 1. The molecule has 0 aromatic heterocycles. The van der Waals surface area contributed by atoms with Gasteiger partial charge >= 0.3 is 0 Å². The number of piperazine rings is 1. The minimum Gasteiger partial charge on any atom is -0.494 e. The van der Waals surface area contributed by atoms with Gasteiger partial charge in [-0.2, -0.15) is 5.10 Å². The Morgan fingerprint density at radius 3 is 2.40 bits per heavy atom. The van der Waals surface area contributed by atoms with Gasteiger partial charge in [-0.1, -0.05) is 25.1 Å². The quantitative estimate of drug-likeness (QED) is 0.509. The summed E-state index contributed by atoms with van der Waals surface area (Å²) in [7, 11) is 0. The lowest BCUT2D eigenvalue weighted by molar-refractivity contribution is -0.121. The molecule has 6 nitrogen and oxygen atoms in total. The van der Waals surface area contributed by atoms with Gasteiger partial charge in [0.15, 0.2) is 0 Å². The fraction of sp³-hybridized carbons (Fsp3) is 0.417. The number of hydrogen-bond donors (Lipinski definition) is 1. The highest BCUT2D eigenvalue weighted by atomic mass is 16.5. The van der Waals surface area contributed by atoms with Crippen molar-refractivity contribution in [2.75, 3.05) is 44.2 Å². The third-order valence-electron chi connectivity index (χ3n) is 5.24. The van der Waals surface area contributed by atoms with Crippen molar-refractivity contribution in [3.63, 3.8) is 0 Å². The molecule has 0 unspecified atom stereocenters. The second kappa shape index (κ2) is 11.4. The molecule has 1 saturated heterocycles. The highest BCUT2D eigenvalue weighted by molar-refractivity contribution is 5.99. The van der Waals surface area contributed by atoms with Crippen molar-refractivity contribution in [3.05, 3.63) is 60.2 Å². The molecular formula is C24H32N4O2. The van der Waals surface area contributed by atoms with Gasteiger partial charge in [0.25, 0.3) is 0 Å². The predicted molar refractivity (Wildman–Crippen MR) is 122 cm³/mol. The number of rotatable bonds is 9. The Morgan fingerprint density at radius 1 is 1.03 bits per heavy atom. The van der Waals surface area contributed by atoms with Crippen LogP contribution in [0.25, 0.3) is 0 Å². The third-order valence-corrected chi connectivity index (χ3v) is 5.24. The molecule has 1 N–H and O–H groups in total. The highest BCUT2D eigenvalue weighted by Crippen LogP contribution is 2.16. The van der Waals surface area contributed by atoms with Gasteiger partial charge in [0.2, 0.25) is 5.91 Å². The minimum absolute atomic E-state index is 0.0530. The Bertz CT molecular complexity index is 813. The number of nitrogens with zero attached hydrogens (tertiary/aromatic N) is 3. The fourth-order valence-electron chi connectivity index (χ4n) is 3.41. The van der Waals surface area contributed by atoms with Crippen molar-refractivity contribution in [2.45, 2.75) is 26.7 Å². The SMILES string of the molecule is CCCOc1ccc(/C(C)=N/NC(=O)CCN2CCN(c3ccccc3)CC2)cc1. The lowest BCUT2D eigenvalue weighted by Crippen LogP contribution is -2.47. The van der Waals surface area contributed by atoms with Crippen LogP contribution in [0.15, 0.2) is 59.7 Å². The van der Waals surface area contributed by atoms with Gasteiger partial charge in [-0.15, -0.1) is 0 Å². The first-order chi connectivity index (χ1) is 14.7. The van der Waals surface area contributed by atoms with Crippen LogP contribution in [0.3, 0.4) is 0 Å². The Morgan fingerprint density at radius 2 is 1.73 bits per heavy atom. The van der Waals surface area contributed by atoms with Crippen molar-refractivity contribution in [1.29, 1.82) is 0 Å². The zero-order chi connectivity index (χ0) is 21.2. The van der Waals surface area contributed by atoms with E-state index in [1.54, 1.807) is 0 Å². The molecule has 160 valence electrons. The van der Waals surface area contributed by atoms with Gasteiger partial charge in [0, 0.05) is 44.8 Å². The maximum absolute atomic E-state index is 12.2. The second-order valence-electron chi connectivity index (χ2n) is 7.52. The molecule has 0 aliphatic carbocycles. The van der Waals surface area contributed by atoms with Crippen LogP contribution in [0.1, 0.15) is 32.3 Å². The lowest BCUT2D eigenvalue weighted by atomic mass is 10.1. The van der Waals surface area contributed by atoms with E-state index in [0.29, 0.717) is 13.0 Å². The van der Waals surface area contributed by atoms with E-state index in [1.807, 2.05) is 37.3 Å². The molecule has 1 amide bonds. The number of carbonyl (C=O) groups excluding carboxylic acids is 1. The first kappa shape index (κ1) is 21.8. The molecule has 2 aromatic carbocycles. The van der Waals surface area contributed by atoms with Crippen LogP contribution in [0.2, 0.25) is 0 Å². The molecule has 0 bridgehead atoms. The maximum Gasteiger partial charge on any atom is 0.241 e. The molecule has 2 aromatic rings. The number of carbonyl (C=O) groups is 1. The number of amides is 1. The Balaban J connectivity index is 1.38. The fourth-order valence-corrected chi connectivity index (χ4v) is 3.41. The first-order valence-corrected chi connectivity index (χ1v) is 10.7. The summed E-state index contributed by atoms with van der Waals surface area (Å²) < 4.78 is 5.59. The normalized spacial score (nSPS) is 15.1. The molecular weight excluding hydrogens is 376 g/mol. The van der Waals surface area contributed by atoms with E-state index in [-0.39, 0.29) is 5.91 Å². The van der Waals surface area contributed by atoms with Gasteiger partial charge in [-0.3, -0.25) is 9.69 Å². The summed E-state index contributed by atoms with van der Waals surface area (Å²) in [5, 5.41) is 4.25. The monoisotopic (exact) mass is 408 g/mol. The maximum atomic E-state index is 12.2. The summed E-state index contributed by atoms with van der Waals surface area (Å²) in [6.45, 7) is 9.36. The van der Waals surface area contributed by atoms with Crippen LogP contribution in [0, 0.1) is 0 Å². The van der Waals surface area contributed by atoms with Crippen LogP contribution >= 0.6 is 0 Å². The first-order valence-electron chi connectivity index (χ1n) is 10.7. The topological polar surface area (TPSA) is 57.2 Å². The highest BCUT2D eigenvalue weighted by Gasteiger charge is 2.17.